The van der Waals surface area contributed by atoms with E-state index in [9.17, 15) is 0 Å². The van der Waals surface area contributed by atoms with Crippen molar-refractivity contribution in [3.63, 3.8) is 0 Å². The maximum absolute atomic E-state index is 6.95. The van der Waals surface area contributed by atoms with E-state index in [1.165, 1.54) is 22.3 Å². The number of aromatic nitrogens is 4. The summed E-state index contributed by atoms with van der Waals surface area (Å²) in [6.45, 7) is 15.3. The van der Waals surface area contributed by atoms with E-state index in [1.807, 2.05) is 24.5 Å². The fraction of sp³-hybridized carbons (Fsp3) is 0.130. The standard InChI is InChI=1S/C54H43N6O.Pt/c1-34-27-35(2)51(36(3)28-34)58-33-57(47-21-14-25-56-53(47)58)49-32-40(30-44-42-18-11-12-19-45(42)59(52(44)49)38-15-8-7-9-16-38)61-39-22-23-43-41-17-10-13-20-46(41)60(48(43)31-39)50-29-37(24-26-55-50)54(4,5)6;/h7-30,33H,1-6H3;/q-3;. The van der Waals surface area contributed by atoms with Crippen LogP contribution in [0.25, 0.3) is 55.1 Å². The number of pyridine rings is 2. The van der Waals surface area contributed by atoms with Gasteiger partial charge >= 0.3 is 0 Å². The number of hydrogen-bond acceptors (Lipinski definition) is 5. The predicted molar refractivity (Wildman–Crippen MR) is 249 cm³/mol. The normalized spacial score (nSPS) is 12.7. The van der Waals surface area contributed by atoms with E-state index < -0.39 is 0 Å². The number of anilines is 4. The Morgan fingerprint density at radius 2 is 1.29 bits per heavy atom. The number of benzene rings is 6. The first-order chi connectivity index (χ1) is 29.6. The molecule has 0 radical (unpaired) electrons. The molecule has 0 N–H and O–H groups in total. The van der Waals surface area contributed by atoms with Crippen molar-refractivity contribution in [2.75, 3.05) is 9.80 Å². The summed E-state index contributed by atoms with van der Waals surface area (Å²) < 4.78 is 11.5. The predicted octanol–water partition coefficient (Wildman–Crippen LogP) is 13.7. The quantitative estimate of drug-likeness (QED) is 0.155. The second-order valence-corrected chi connectivity index (χ2v) is 17.1. The van der Waals surface area contributed by atoms with Gasteiger partial charge in [0, 0.05) is 67.4 Å². The summed E-state index contributed by atoms with van der Waals surface area (Å²) in [6, 6.07) is 54.2. The Balaban J connectivity index is 0.00000458. The van der Waals surface area contributed by atoms with Gasteiger partial charge in [0.25, 0.3) is 0 Å². The number of fused-ring (bicyclic) bond motifs is 7. The van der Waals surface area contributed by atoms with Crippen LogP contribution in [0.1, 0.15) is 43.0 Å². The molecule has 0 aliphatic carbocycles. The van der Waals surface area contributed by atoms with Crippen LogP contribution >= 0.6 is 0 Å². The van der Waals surface area contributed by atoms with Crippen LogP contribution in [0.5, 0.6) is 11.5 Å². The largest absolute Gasteiger partial charge is 0.509 e. The Morgan fingerprint density at radius 1 is 0.597 bits per heavy atom. The SMILES string of the molecule is Cc1cc(C)c(N2[CH-]N(c3[c-]c(Oc4[c-]c5c(cc4)c4ccccc4n5-c4cc(C(C)(C)C)ccn4)cc4c5ccccc5n(-c5ccccc5)c34)c3cccnc32)c(C)c1.[Pt]. The first-order valence-corrected chi connectivity index (χ1v) is 20.7. The summed E-state index contributed by atoms with van der Waals surface area (Å²) >= 11 is 0. The number of ether oxygens (including phenoxy) is 1. The van der Waals surface area contributed by atoms with Gasteiger partial charge in [-0.05, 0) is 108 Å². The molecular weight excluding hydrogens is 944 g/mol. The van der Waals surface area contributed by atoms with Gasteiger partial charge in [0.15, 0.2) is 0 Å². The third-order valence-corrected chi connectivity index (χ3v) is 11.9. The summed E-state index contributed by atoms with van der Waals surface area (Å²) in [5.41, 5.74) is 12.8. The van der Waals surface area contributed by atoms with Crippen molar-refractivity contribution < 1.29 is 25.8 Å². The number of aryl methyl sites for hydroxylation is 3. The molecule has 1 aliphatic heterocycles. The number of para-hydroxylation sites is 3. The molecule has 5 heterocycles. The minimum Gasteiger partial charge on any atom is -0.509 e. The van der Waals surface area contributed by atoms with E-state index in [0.29, 0.717) is 11.5 Å². The minimum atomic E-state index is -0.0393. The first kappa shape index (κ1) is 39.4. The van der Waals surface area contributed by atoms with Crippen molar-refractivity contribution >= 4 is 66.5 Å². The van der Waals surface area contributed by atoms with E-state index in [1.54, 1.807) is 0 Å². The third-order valence-electron chi connectivity index (χ3n) is 11.9. The Kier molecular flexibility index (Phi) is 9.57. The molecule has 0 fully saturated rings. The fourth-order valence-electron chi connectivity index (χ4n) is 9.25. The van der Waals surface area contributed by atoms with Crippen LogP contribution in [-0.2, 0) is 26.5 Å². The molecule has 8 heteroatoms. The Labute approximate surface area is 376 Å². The molecule has 0 saturated heterocycles. The topological polar surface area (TPSA) is 51.4 Å². The van der Waals surface area contributed by atoms with Crippen molar-refractivity contribution in [2.24, 2.45) is 0 Å². The van der Waals surface area contributed by atoms with E-state index in [4.69, 9.17) is 14.7 Å². The molecule has 7 nitrogen and oxygen atoms in total. The summed E-state index contributed by atoms with van der Waals surface area (Å²) in [5.74, 6) is 2.85. The van der Waals surface area contributed by atoms with Gasteiger partial charge < -0.3 is 23.7 Å². The molecule has 0 amide bonds. The second kappa shape index (κ2) is 15.0. The second-order valence-electron chi connectivity index (χ2n) is 17.1. The molecular formula is C54H43N6OPt-3. The zero-order chi connectivity index (χ0) is 41.6. The number of rotatable bonds is 6. The van der Waals surface area contributed by atoms with Crippen LogP contribution in [-0.4, -0.2) is 19.1 Å². The van der Waals surface area contributed by atoms with E-state index in [2.05, 4.69) is 201 Å². The van der Waals surface area contributed by atoms with Crippen LogP contribution < -0.4 is 14.5 Å². The smallest absolute Gasteiger partial charge is 0.135 e. The van der Waals surface area contributed by atoms with Gasteiger partial charge in [-0.3, -0.25) is 0 Å². The van der Waals surface area contributed by atoms with Crippen molar-refractivity contribution in [3.05, 3.63) is 187 Å². The monoisotopic (exact) mass is 986 g/mol. The zero-order valence-corrected chi connectivity index (χ0v) is 37.6. The number of nitrogens with zero attached hydrogens (tertiary/aromatic N) is 6. The zero-order valence-electron chi connectivity index (χ0n) is 35.3. The number of hydrogen-bond donors (Lipinski definition) is 0. The van der Waals surface area contributed by atoms with Crippen molar-refractivity contribution in [1.82, 2.24) is 19.1 Å². The van der Waals surface area contributed by atoms with E-state index in [-0.39, 0.29) is 26.5 Å². The average Bonchev–Trinajstić information content (AvgIpc) is 3.91. The van der Waals surface area contributed by atoms with Gasteiger partial charge in [0.1, 0.15) is 11.6 Å². The summed E-state index contributed by atoms with van der Waals surface area (Å²) in [4.78, 5) is 14.3. The van der Waals surface area contributed by atoms with Crippen molar-refractivity contribution in [1.29, 1.82) is 0 Å². The maximum Gasteiger partial charge on any atom is 0.135 e. The van der Waals surface area contributed by atoms with Crippen molar-refractivity contribution in [2.45, 2.75) is 47.0 Å². The van der Waals surface area contributed by atoms with Gasteiger partial charge in [-0.15, -0.1) is 36.3 Å². The molecule has 0 atom stereocenters. The summed E-state index contributed by atoms with van der Waals surface area (Å²) in [5, 5.41) is 4.36. The van der Waals surface area contributed by atoms with Gasteiger partial charge in [-0.25, -0.2) is 9.97 Å². The van der Waals surface area contributed by atoms with Crippen LogP contribution in [0.3, 0.4) is 0 Å². The van der Waals surface area contributed by atoms with Crippen LogP contribution in [0.2, 0.25) is 0 Å². The Bertz CT molecular complexity index is 3340. The molecule has 6 aromatic carbocycles. The Hall–Kier alpha value is -6.69. The molecule has 11 rings (SSSR count). The molecule has 4 aromatic heterocycles. The molecule has 0 saturated carbocycles. The maximum atomic E-state index is 6.95. The summed E-state index contributed by atoms with van der Waals surface area (Å²) in [6.07, 6.45) is 3.77. The first-order valence-electron chi connectivity index (χ1n) is 20.7. The van der Waals surface area contributed by atoms with Gasteiger partial charge in [0.2, 0.25) is 0 Å². The van der Waals surface area contributed by atoms with Crippen LogP contribution in [0.4, 0.5) is 22.9 Å². The third kappa shape index (κ3) is 6.37. The average molecular weight is 987 g/mol. The van der Waals surface area contributed by atoms with Crippen molar-refractivity contribution in [3.8, 4) is 23.0 Å². The van der Waals surface area contributed by atoms with Gasteiger partial charge in [-0.2, -0.15) is 6.07 Å². The molecule has 0 bridgehead atoms. The van der Waals surface area contributed by atoms with Crippen LogP contribution in [0, 0.1) is 39.6 Å². The molecule has 0 spiro atoms. The fourth-order valence-corrected chi connectivity index (χ4v) is 9.25. The van der Waals surface area contributed by atoms with E-state index in [0.717, 1.165) is 78.0 Å². The van der Waals surface area contributed by atoms with Gasteiger partial charge in [-0.1, -0.05) is 110 Å². The van der Waals surface area contributed by atoms with Crippen LogP contribution in [0.15, 0.2) is 146 Å². The summed E-state index contributed by atoms with van der Waals surface area (Å²) in [7, 11) is 0. The molecule has 10 aromatic rings. The molecule has 1 aliphatic rings. The van der Waals surface area contributed by atoms with E-state index >= 15 is 0 Å². The molecule has 308 valence electrons. The minimum absolute atomic E-state index is 0. The molecule has 0 unspecified atom stereocenters. The molecule has 62 heavy (non-hydrogen) atoms. The van der Waals surface area contributed by atoms with Gasteiger partial charge in [0.05, 0.1) is 5.69 Å². The Morgan fingerprint density at radius 3 is 2.03 bits per heavy atom.